The average Bonchev–Trinajstić information content (AvgIpc) is 2.99. The Hall–Kier alpha value is -3.28. The fraction of sp³-hybridized carbons (Fsp3) is 0.304. The summed E-state index contributed by atoms with van der Waals surface area (Å²) in [5, 5.41) is 0. The van der Waals surface area contributed by atoms with Gasteiger partial charge in [-0.25, -0.2) is 0 Å². The summed E-state index contributed by atoms with van der Waals surface area (Å²) in [6, 6.07) is 15.1. The van der Waals surface area contributed by atoms with Crippen molar-refractivity contribution in [2.24, 2.45) is 0 Å². The molecule has 1 aliphatic rings. The van der Waals surface area contributed by atoms with Crippen LogP contribution in [0.4, 0.5) is 0 Å². The summed E-state index contributed by atoms with van der Waals surface area (Å²) in [5.41, 5.74) is 2.49. The maximum atomic E-state index is 13.2. The summed E-state index contributed by atoms with van der Waals surface area (Å²) in [5.74, 6) is 0.536. The number of methoxy groups -OCH3 is 2. The first-order valence-electron chi connectivity index (χ1n) is 9.59. The molecule has 1 aliphatic heterocycles. The lowest BCUT2D eigenvalue weighted by molar-refractivity contribution is -0.137. The number of hydrogen-bond donors (Lipinski definition) is 0. The van der Waals surface area contributed by atoms with Crippen molar-refractivity contribution in [1.29, 1.82) is 0 Å². The Kier molecular flexibility index (Phi) is 6.22. The number of hydrogen-bond acceptors (Lipinski definition) is 5. The molecule has 29 heavy (non-hydrogen) atoms. The van der Waals surface area contributed by atoms with E-state index in [4.69, 9.17) is 9.47 Å². The summed E-state index contributed by atoms with van der Waals surface area (Å²) in [6.45, 7) is 2.85. The highest BCUT2D eigenvalue weighted by atomic mass is 16.5. The summed E-state index contributed by atoms with van der Waals surface area (Å²) in [6.07, 6.45) is 0.701. The lowest BCUT2D eigenvalue weighted by atomic mass is 10.0. The molecule has 6 nitrogen and oxygen atoms in total. The molecule has 0 radical (unpaired) electrons. The fourth-order valence-electron chi connectivity index (χ4n) is 3.53. The normalized spacial score (nSPS) is 13.9. The molecule has 0 unspecified atom stereocenters. The van der Waals surface area contributed by atoms with Gasteiger partial charge in [-0.3, -0.25) is 14.5 Å². The molecular weight excluding hydrogens is 368 g/mol. The predicted octanol–water partition coefficient (Wildman–Crippen LogP) is 3.33. The van der Waals surface area contributed by atoms with Crippen LogP contribution in [-0.2, 0) is 16.1 Å². The Morgan fingerprint density at radius 1 is 0.931 bits per heavy atom. The zero-order valence-corrected chi connectivity index (χ0v) is 17.3. The van der Waals surface area contributed by atoms with Gasteiger partial charge in [-0.2, -0.15) is 0 Å². The van der Waals surface area contributed by atoms with E-state index in [1.807, 2.05) is 49.2 Å². The van der Waals surface area contributed by atoms with Gasteiger partial charge in [0.1, 0.15) is 5.70 Å². The largest absolute Gasteiger partial charge is 0.493 e. The Balaban J connectivity index is 2.08. The summed E-state index contributed by atoms with van der Waals surface area (Å²) < 4.78 is 10.7. The number of benzene rings is 2. The van der Waals surface area contributed by atoms with Gasteiger partial charge in [-0.05, 0) is 29.7 Å². The van der Waals surface area contributed by atoms with Gasteiger partial charge in [-0.1, -0.05) is 43.3 Å². The molecule has 6 heteroatoms. The molecule has 0 N–H and O–H groups in total. The highest BCUT2D eigenvalue weighted by Crippen LogP contribution is 2.36. The van der Waals surface area contributed by atoms with Crippen LogP contribution >= 0.6 is 0 Å². The highest BCUT2D eigenvalue weighted by Gasteiger charge is 2.40. The van der Waals surface area contributed by atoms with Crippen LogP contribution in [-0.4, -0.2) is 49.4 Å². The van der Waals surface area contributed by atoms with E-state index in [1.54, 1.807) is 32.4 Å². The van der Waals surface area contributed by atoms with Crippen molar-refractivity contribution >= 4 is 17.4 Å². The number of carbonyl (C=O) groups is 2. The van der Waals surface area contributed by atoms with Gasteiger partial charge in [0, 0.05) is 20.1 Å². The second kappa shape index (κ2) is 8.82. The van der Waals surface area contributed by atoms with Crippen LogP contribution in [0.1, 0.15) is 24.5 Å². The average molecular weight is 394 g/mol. The second-order valence-corrected chi connectivity index (χ2v) is 6.90. The van der Waals surface area contributed by atoms with Gasteiger partial charge in [0.15, 0.2) is 11.5 Å². The Bertz CT molecular complexity index is 937. The minimum absolute atomic E-state index is 0.264. The maximum absolute atomic E-state index is 13.2. The van der Waals surface area contributed by atoms with Gasteiger partial charge in [0.25, 0.3) is 11.8 Å². The van der Waals surface area contributed by atoms with Crippen molar-refractivity contribution in [2.75, 3.05) is 27.8 Å². The number of ether oxygens (including phenoxy) is 2. The number of imide groups is 1. The van der Waals surface area contributed by atoms with Crippen molar-refractivity contribution in [1.82, 2.24) is 9.80 Å². The van der Waals surface area contributed by atoms with E-state index < -0.39 is 0 Å². The minimum atomic E-state index is -0.279. The van der Waals surface area contributed by atoms with E-state index in [2.05, 4.69) is 0 Å². The van der Waals surface area contributed by atoms with Gasteiger partial charge >= 0.3 is 0 Å². The van der Waals surface area contributed by atoms with Crippen LogP contribution < -0.4 is 9.47 Å². The van der Waals surface area contributed by atoms with Gasteiger partial charge in [-0.15, -0.1) is 0 Å². The molecule has 2 aromatic rings. The Morgan fingerprint density at radius 3 is 2.24 bits per heavy atom. The predicted molar refractivity (Wildman–Crippen MR) is 111 cm³/mol. The smallest absolute Gasteiger partial charge is 0.277 e. The SMILES string of the molecule is CCCN1C(=O)C(c2ccc(OC)c(OC)c2)=C(N(C)Cc2ccccc2)C1=O. The third-order valence-corrected chi connectivity index (χ3v) is 4.91. The van der Waals surface area contributed by atoms with Crippen molar-refractivity contribution in [3.63, 3.8) is 0 Å². The summed E-state index contributed by atoms with van der Waals surface area (Å²) >= 11 is 0. The molecule has 0 atom stereocenters. The quantitative estimate of drug-likeness (QED) is 0.643. The van der Waals surface area contributed by atoms with Crippen molar-refractivity contribution in [3.8, 4) is 11.5 Å². The number of nitrogens with zero attached hydrogens (tertiary/aromatic N) is 2. The van der Waals surface area contributed by atoms with E-state index in [9.17, 15) is 9.59 Å². The van der Waals surface area contributed by atoms with Gasteiger partial charge in [0.2, 0.25) is 0 Å². The van der Waals surface area contributed by atoms with E-state index >= 15 is 0 Å². The van der Waals surface area contributed by atoms with Crippen LogP contribution in [0.5, 0.6) is 11.5 Å². The minimum Gasteiger partial charge on any atom is -0.493 e. The standard InChI is InChI=1S/C23H26N2O4/c1-5-13-25-22(26)20(17-11-12-18(28-3)19(14-17)29-4)21(23(25)27)24(2)15-16-9-7-6-8-10-16/h6-12,14H,5,13,15H2,1-4H3. The molecule has 0 saturated carbocycles. The molecule has 0 spiro atoms. The molecule has 3 rings (SSSR count). The number of likely N-dealkylation sites (N-methyl/N-ethyl adjacent to an activating group) is 1. The molecule has 2 amide bonds. The van der Waals surface area contributed by atoms with Crippen LogP contribution in [0.3, 0.4) is 0 Å². The van der Waals surface area contributed by atoms with Crippen LogP contribution in [0.25, 0.3) is 5.57 Å². The second-order valence-electron chi connectivity index (χ2n) is 6.90. The van der Waals surface area contributed by atoms with Crippen molar-refractivity contribution < 1.29 is 19.1 Å². The van der Waals surface area contributed by atoms with Crippen molar-refractivity contribution in [3.05, 3.63) is 65.4 Å². The zero-order valence-electron chi connectivity index (χ0n) is 17.3. The summed E-state index contributed by atoms with van der Waals surface area (Å²) in [7, 11) is 4.94. The van der Waals surface area contributed by atoms with Gasteiger partial charge in [0.05, 0.1) is 19.8 Å². The molecule has 0 aromatic heterocycles. The number of amides is 2. The lowest BCUT2D eigenvalue weighted by Gasteiger charge is -2.21. The zero-order chi connectivity index (χ0) is 21.0. The Morgan fingerprint density at radius 2 is 1.62 bits per heavy atom. The molecular formula is C23H26N2O4. The van der Waals surface area contributed by atoms with Crippen LogP contribution in [0.15, 0.2) is 54.2 Å². The Labute approximate surface area is 171 Å². The fourth-order valence-corrected chi connectivity index (χ4v) is 3.53. The van der Waals surface area contributed by atoms with Gasteiger partial charge < -0.3 is 14.4 Å². The van der Waals surface area contributed by atoms with Crippen molar-refractivity contribution in [2.45, 2.75) is 19.9 Å². The van der Waals surface area contributed by atoms with Crippen LogP contribution in [0, 0.1) is 0 Å². The first-order valence-corrected chi connectivity index (χ1v) is 9.59. The summed E-state index contributed by atoms with van der Waals surface area (Å²) in [4.78, 5) is 29.5. The molecule has 152 valence electrons. The van der Waals surface area contributed by atoms with E-state index in [0.29, 0.717) is 47.8 Å². The molecule has 0 fully saturated rings. The van der Waals surface area contributed by atoms with E-state index in [0.717, 1.165) is 5.56 Å². The number of carbonyl (C=O) groups excluding carboxylic acids is 2. The van der Waals surface area contributed by atoms with E-state index in [-0.39, 0.29) is 11.8 Å². The lowest BCUT2D eigenvalue weighted by Crippen LogP contribution is -2.34. The van der Waals surface area contributed by atoms with E-state index in [1.165, 1.54) is 4.90 Å². The monoisotopic (exact) mass is 394 g/mol. The number of rotatable bonds is 8. The molecule has 1 heterocycles. The third-order valence-electron chi connectivity index (χ3n) is 4.91. The first kappa shape index (κ1) is 20.5. The molecule has 2 aromatic carbocycles. The first-order chi connectivity index (χ1) is 14.0. The molecule has 0 aliphatic carbocycles. The van der Waals surface area contributed by atoms with Crippen LogP contribution in [0.2, 0.25) is 0 Å². The highest BCUT2D eigenvalue weighted by molar-refractivity contribution is 6.35. The maximum Gasteiger partial charge on any atom is 0.277 e. The topological polar surface area (TPSA) is 59.1 Å². The molecule has 0 bridgehead atoms. The third kappa shape index (κ3) is 3.97. The molecule has 0 saturated heterocycles.